The van der Waals surface area contributed by atoms with Gasteiger partial charge in [-0.1, -0.05) is 31.2 Å². The van der Waals surface area contributed by atoms with Crippen LogP contribution in [-0.4, -0.2) is 111 Å². The van der Waals surface area contributed by atoms with E-state index in [2.05, 4.69) is 26.8 Å². The van der Waals surface area contributed by atoms with Crippen LogP contribution in [0.2, 0.25) is 5.02 Å². The number of nitriles is 1. The van der Waals surface area contributed by atoms with Gasteiger partial charge in [-0.2, -0.15) is 15.2 Å². The average molecular weight is 1080 g/mol. The fraction of sp³-hybridized carbons (Fsp3) is 0.321. The summed E-state index contributed by atoms with van der Waals surface area (Å²) in [5, 5.41) is 24.4. The summed E-state index contributed by atoms with van der Waals surface area (Å²) in [5.41, 5.74) is 5.08. The van der Waals surface area contributed by atoms with E-state index in [0.717, 1.165) is 42.9 Å². The maximum Gasteiger partial charge on any atom is 0.412 e. The number of carbonyl (C=O) groups is 3. The molecule has 0 saturated carbocycles. The van der Waals surface area contributed by atoms with Crippen molar-refractivity contribution < 1.29 is 46.9 Å². The first kappa shape index (κ1) is 50.3. The third-order valence-electron chi connectivity index (χ3n) is 14.8. The number of pyridine rings is 2. The highest BCUT2D eigenvalue weighted by Gasteiger charge is 2.45. The van der Waals surface area contributed by atoms with E-state index in [1.807, 2.05) is 24.9 Å². The van der Waals surface area contributed by atoms with Gasteiger partial charge < -0.3 is 44.3 Å². The Kier molecular flexibility index (Phi) is 12.6. The summed E-state index contributed by atoms with van der Waals surface area (Å²) < 4.78 is 66.2. The number of anilines is 3. The van der Waals surface area contributed by atoms with Gasteiger partial charge in [0, 0.05) is 76.2 Å². The second kappa shape index (κ2) is 19.1. The smallest absolute Gasteiger partial charge is 0.412 e. The number of nitrogens with one attached hydrogen (secondary N) is 1. The number of halogens is 4. The van der Waals surface area contributed by atoms with Gasteiger partial charge in [0.25, 0.3) is 11.5 Å². The van der Waals surface area contributed by atoms with Crippen LogP contribution in [0, 0.1) is 28.8 Å². The third kappa shape index (κ3) is 8.28. The molecule has 4 N–H and O–H groups in total. The Labute approximate surface area is 439 Å². The Hall–Kier alpha value is -7.84. The predicted octanol–water partition coefficient (Wildman–Crippen LogP) is 7.74. The van der Waals surface area contributed by atoms with Crippen LogP contribution in [0.3, 0.4) is 0 Å². The van der Waals surface area contributed by atoms with Crippen LogP contribution in [0.25, 0.3) is 54.4 Å². The molecule has 0 radical (unpaired) electrons. The lowest BCUT2D eigenvalue weighted by Crippen LogP contribution is -2.54. The standard InChI is InChI=1S/C53H46ClF3N10O8S/c1-5-53(72)33-16-39-43-27(20-67(39)49(69)32(33)23-73-50(53)70)13-26-14-38(36(56)17-37(26)60-43)61-52(71)75-21-24(2)48(68)65-11-12-66(25(3)19-65)47-30-15-34(54)41(29-8-9-35(55)45-40(29)31(18-58)46(59)76-45)42(57)44(30)62-51(63-47)74-22-28-7-6-10-64(28)4/h8-9,13-17,25,28,72H,2,5-7,10-12,19-23,59H2,1,3-4H3,(H,61,71)/t25-,28-,53-/m0/s1. The lowest BCUT2D eigenvalue weighted by atomic mass is 9.86. The molecule has 0 unspecified atom stereocenters. The maximum absolute atomic E-state index is 17.3. The van der Waals surface area contributed by atoms with Crippen LogP contribution in [0.5, 0.6) is 6.01 Å². The van der Waals surface area contributed by atoms with Crippen molar-refractivity contribution in [2.75, 3.05) is 62.4 Å². The number of cyclic esters (lactones) is 1. The van der Waals surface area contributed by atoms with Crippen molar-refractivity contribution in [2.45, 2.75) is 63.9 Å². The van der Waals surface area contributed by atoms with Crippen molar-refractivity contribution >= 4 is 89.3 Å². The Balaban J connectivity index is 0.790. The molecule has 0 aliphatic carbocycles. The van der Waals surface area contributed by atoms with Gasteiger partial charge in [0.05, 0.1) is 50.0 Å². The Morgan fingerprint density at radius 3 is 2.64 bits per heavy atom. The number of benzene rings is 3. The van der Waals surface area contributed by atoms with Gasteiger partial charge in [0.2, 0.25) is 0 Å². The van der Waals surface area contributed by atoms with E-state index < -0.39 is 59.2 Å². The summed E-state index contributed by atoms with van der Waals surface area (Å²) in [7, 11) is 1.99. The summed E-state index contributed by atoms with van der Waals surface area (Å²) in [4.78, 5) is 72.6. The molecule has 3 atom stereocenters. The summed E-state index contributed by atoms with van der Waals surface area (Å²) in [5.74, 6) is -3.41. The van der Waals surface area contributed by atoms with Crippen molar-refractivity contribution in [3.8, 4) is 34.6 Å². The van der Waals surface area contributed by atoms with E-state index in [9.17, 15) is 29.5 Å². The first-order valence-electron chi connectivity index (χ1n) is 24.3. The lowest BCUT2D eigenvalue weighted by molar-refractivity contribution is -0.172. The number of rotatable bonds is 10. The summed E-state index contributed by atoms with van der Waals surface area (Å²) in [6, 6.07) is 11.3. The molecule has 4 aliphatic heterocycles. The minimum atomic E-state index is -2.01. The molecule has 0 spiro atoms. The van der Waals surface area contributed by atoms with Crippen LogP contribution >= 0.6 is 22.9 Å². The highest BCUT2D eigenvalue weighted by molar-refractivity contribution is 7.23. The zero-order chi connectivity index (χ0) is 53.6. The molecule has 23 heteroatoms. The summed E-state index contributed by atoms with van der Waals surface area (Å²) in [6.45, 7) is 8.18. The molecular formula is C53H46ClF3N10O8S. The number of likely N-dealkylation sites (N-methyl/N-ethyl adjacent to an activating group) is 1. The fourth-order valence-electron chi connectivity index (χ4n) is 10.7. The molecule has 390 valence electrons. The number of likely N-dealkylation sites (tertiary alicyclic amines) is 1. The van der Waals surface area contributed by atoms with Gasteiger partial charge in [-0.3, -0.25) is 14.9 Å². The number of carbonyl (C=O) groups excluding carboxylic acids is 3. The third-order valence-corrected chi connectivity index (χ3v) is 16.1. The molecule has 4 aromatic heterocycles. The summed E-state index contributed by atoms with van der Waals surface area (Å²) in [6.07, 6.45) is 0.770. The minimum Gasteiger partial charge on any atom is -0.462 e. The number of fused-ring (bicyclic) bond motifs is 7. The van der Waals surface area contributed by atoms with E-state index in [1.54, 1.807) is 19.1 Å². The van der Waals surface area contributed by atoms with Crippen LogP contribution in [0.15, 0.2) is 59.4 Å². The van der Waals surface area contributed by atoms with Gasteiger partial charge in [-0.05, 0) is 75.7 Å². The van der Waals surface area contributed by atoms with E-state index in [-0.39, 0.29) is 139 Å². The molecule has 0 bridgehead atoms. The van der Waals surface area contributed by atoms with Gasteiger partial charge in [-0.15, -0.1) is 11.3 Å². The maximum atomic E-state index is 17.3. The molecular weight excluding hydrogens is 1030 g/mol. The number of nitrogens with zero attached hydrogens (tertiary/aromatic N) is 8. The van der Waals surface area contributed by atoms with Gasteiger partial charge in [0.15, 0.2) is 11.4 Å². The van der Waals surface area contributed by atoms with E-state index in [0.29, 0.717) is 22.3 Å². The quantitative estimate of drug-likeness (QED) is 0.0878. The summed E-state index contributed by atoms with van der Waals surface area (Å²) >= 11 is 7.80. The number of nitrogens with two attached hydrogens (primary N) is 1. The number of esters is 1. The zero-order valence-electron chi connectivity index (χ0n) is 41.1. The minimum absolute atomic E-state index is 0.00447. The molecule has 2 saturated heterocycles. The highest BCUT2D eigenvalue weighted by atomic mass is 35.5. The number of nitrogen functional groups attached to an aromatic ring is 1. The van der Waals surface area contributed by atoms with Gasteiger partial charge >= 0.3 is 18.1 Å². The van der Waals surface area contributed by atoms with Crippen molar-refractivity contribution in [1.29, 1.82) is 5.26 Å². The topological polar surface area (TPSA) is 231 Å². The highest BCUT2D eigenvalue weighted by Crippen LogP contribution is 2.46. The number of hydrogen-bond donors (Lipinski definition) is 3. The molecule has 18 nitrogen and oxygen atoms in total. The number of amides is 2. The van der Waals surface area contributed by atoms with Crippen molar-refractivity contribution in [2.24, 2.45) is 0 Å². The molecule has 76 heavy (non-hydrogen) atoms. The second-order valence-corrected chi connectivity index (χ2v) is 20.8. The fourth-order valence-corrected chi connectivity index (χ4v) is 11.9. The van der Waals surface area contributed by atoms with Crippen molar-refractivity contribution in [3.63, 3.8) is 0 Å². The molecule has 7 aromatic rings. The van der Waals surface area contributed by atoms with Crippen molar-refractivity contribution in [1.82, 2.24) is 29.3 Å². The molecule has 2 amide bonds. The first-order valence-corrected chi connectivity index (χ1v) is 25.5. The van der Waals surface area contributed by atoms with E-state index >= 15 is 13.2 Å². The SMILES string of the molecule is C=C(COC(=O)Nc1cc2cc3c(nc2cc1F)-c1cc2c(c(=O)n1C3)COC(=O)[C@]2(O)CC)C(=O)N1CCN(c2nc(OC[C@@H]3CCCN3C)nc3c(F)c(-c4ccc(F)c5sc(N)c(C#N)c45)c(Cl)cc23)[C@@H](C)C1. The van der Waals surface area contributed by atoms with Gasteiger partial charge in [-0.25, -0.2) is 27.7 Å². The van der Waals surface area contributed by atoms with Gasteiger partial charge in [0.1, 0.15) is 53.9 Å². The lowest BCUT2D eigenvalue weighted by Gasteiger charge is -2.41. The van der Waals surface area contributed by atoms with Crippen LogP contribution in [0.4, 0.5) is 34.5 Å². The number of aliphatic hydroxyl groups is 1. The number of ether oxygens (including phenoxy) is 3. The van der Waals surface area contributed by atoms with Crippen molar-refractivity contribution in [3.05, 3.63) is 110 Å². The number of hydrogen-bond acceptors (Lipinski definition) is 16. The zero-order valence-corrected chi connectivity index (χ0v) is 42.6. The largest absolute Gasteiger partial charge is 0.462 e. The molecule has 3 aromatic carbocycles. The first-order chi connectivity index (χ1) is 36.4. The number of piperazine rings is 1. The van der Waals surface area contributed by atoms with E-state index in [4.69, 9.17) is 36.5 Å². The van der Waals surface area contributed by atoms with E-state index in [1.165, 1.54) is 27.7 Å². The Morgan fingerprint density at radius 1 is 1.11 bits per heavy atom. The predicted molar refractivity (Wildman–Crippen MR) is 278 cm³/mol. The molecule has 8 heterocycles. The van der Waals surface area contributed by atoms with Crippen LogP contribution < -0.4 is 26.2 Å². The normalized spacial score (nSPS) is 19.1. The van der Waals surface area contributed by atoms with Crippen LogP contribution in [0.1, 0.15) is 55.4 Å². The second-order valence-electron chi connectivity index (χ2n) is 19.3. The molecule has 4 aliphatic rings. The average Bonchev–Trinajstić information content (AvgIpc) is 4.10. The molecule has 11 rings (SSSR count). The number of thiophene rings is 1. The monoisotopic (exact) mass is 1070 g/mol. The van der Waals surface area contributed by atoms with Crippen LogP contribution in [-0.2, 0) is 37.8 Å². The number of aromatic nitrogens is 4. The Bertz CT molecular complexity index is 3810. The molecule has 2 fully saturated rings. The Morgan fingerprint density at radius 2 is 1.91 bits per heavy atom.